The summed E-state index contributed by atoms with van der Waals surface area (Å²) in [7, 11) is 0. The van der Waals surface area contributed by atoms with Gasteiger partial charge in [0.2, 0.25) is 0 Å². The minimum atomic E-state index is -0.598. The van der Waals surface area contributed by atoms with Gasteiger partial charge in [-0.2, -0.15) is 0 Å². The normalized spacial score (nSPS) is 12.1. The van der Waals surface area contributed by atoms with Crippen molar-refractivity contribution < 1.29 is 14.3 Å². The molecule has 0 saturated carbocycles. The van der Waals surface area contributed by atoms with E-state index in [4.69, 9.17) is 4.74 Å². The molecule has 1 rings (SSSR count). The molecule has 5 nitrogen and oxygen atoms in total. The average Bonchev–Trinajstić information content (AvgIpc) is 3.49. The molecule has 0 aliphatic rings. The molecule has 8 heteroatoms. The maximum absolute atomic E-state index is 13.1. The Labute approximate surface area is 297 Å². The quantitative estimate of drug-likeness (QED) is 0.0439. The van der Waals surface area contributed by atoms with E-state index < -0.39 is 5.92 Å². The van der Waals surface area contributed by atoms with Crippen LogP contribution in [-0.4, -0.2) is 33.6 Å². The molecule has 0 aromatic carbocycles. The highest BCUT2D eigenvalue weighted by atomic mass is 32.2. The minimum absolute atomic E-state index is 0.00683. The zero-order valence-electron chi connectivity index (χ0n) is 29.9. The lowest BCUT2D eigenvalue weighted by atomic mass is 10.0. The number of nitrogens with zero attached hydrogens (tertiary/aromatic N) is 2. The number of carbonyl (C=O) groups is 2. The van der Waals surface area contributed by atoms with Crippen molar-refractivity contribution in [3.05, 3.63) is 5.01 Å². The third-order valence-corrected chi connectivity index (χ3v) is 11.2. The summed E-state index contributed by atoms with van der Waals surface area (Å²) in [6.07, 6.45) is 36.7. The van der Waals surface area contributed by atoms with Gasteiger partial charge in [0.15, 0.2) is 9.45 Å². The van der Waals surface area contributed by atoms with Crippen molar-refractivity contribution in [1.82, 2.24) is 10.2 Å². The molecule has 1 aromatic rings. The molecule has 0 fully saturated rings. The first-order chi connectivity index (χ1) is 22.6. The van der Waals surface area contributed by atoms with Gasteiger partial charge < -0.3 is 4.74 Å². The summed E-state index contributed by atoms with van der Waals surface area (Å²) in [6.45, 7) is 4.98. The second-order valence-corrected chi connectivity index (χ2v) is 16.1. The van der Waals surface area contributed by atoms with E-state index in [2.05, 4.69) is 36.7 Å². The molecule has 1 unspecified atom stereocenters. The number of unbranched alkanes of at least 4 members (excludes halogenated alkanes) is 26. The van der Waals surface area contributed by atoms with Crippen LogP contribution in [0.3, 0.4) is 0 Å². The second-order valence-electron chi connectivity index (χ2n) is 13.3. The van der Waals surface area contributed by atoms with E-state index in [9.17, 15) is 9.59 Å². The van der Waals surface area contributed by atoms with Gasteiger partial charge in [-0.15, -0.1) is 22.8 Å². The Morgan fingerprint density at radius 1 is 0.609 bits per heavy atom. The number of aromatic nitrogens is 2. The van der Waals surface area contributed by atoms with E-state index in [-0.39, 0.29) is 17.5 Å². The predicted molar refractivity (Wildman–Crippen MR) is 204 cm³/mol. The van der Waals surface area contributed by atoms with E-state index in [1.807, 2.05) is 0 Å². The highest BCUT2D eigenvalue weighted by Crippen LogP contribution is 2.30. The van der Waals surface area contributed by atoms with Gasteiger partial charge in [0.25, 0.3) is 0 Å². The number of carbonyl (C=O) groups excluding carboxylic acids is 2. The zero-order chi connectivity index (χ0) is 33.3. The summed E-state index contributed by atoms with van der Waals surface area (Å²) in [5.41, 5.74) is 0. The smallest absolute Gasteiger partial charge is 0.306 e. The molecule has 1 atom stereocenters. The van der Waals surface area contributed by atoms with Crippen LogP contribution in [0.4, 0.5) is 0 Å². The maximum atomic E-state index is 13.1. The van der Waals surface area contributed by atoms with Crippen molar-refractivity contribution in [1.29, 1.82) is 0 Å². The summed E-state index contributed by atoms with van der Waals surface area (Å²) in [5, 5.41) is 8.67. The SMILES string of the molecule is CCCCCCCCCCCCCCCCOC(=O)CC(C(=O)SCCCCCCCCCCCCCCCC)c1nnc(S)s1. The first-order valence-electron chi connectivity index (χ1n) is 19.4. The summed E-state index contributed by atoms with van der Waals surface area (Å²) < 4.78 is 6.04. The monoisotopic (exact) mass is 698 g/mol. The number of esters is 1. The number of hydrogen-bond acceptors (Lipinski definition) is 8. The first kappa shape index (κ1) is 43.4. The molecule has 0 amide bonds. The van der Waals surface area contributed by atoms with Crippen molar-refractivity contribution in [2.75, 3.05) is 12.4 Å². The van der Waals surface area contributed by atoms with Crippen molar-refractivity contribution >= 4 is 46.8 Å². The van der Waals surface area contributed by atoms with Crippen LogP contribution in [0, 0.1) is 0 Å². The lowest BCUT2D eigenvalue weighted by Gasteiger charge is -2.12. The van der Waals surface area contributed by atoms with Gasteiger partial charge in [-0.1, -0.05) is 204 Å². The second kappa shape index (κ2) is 32.9. The number of rotatable bonds is 34. The molecule has 0 saturated heterocycles. The number of thioether (sulfide) groups is 1. The molecular formula is C38H70N2O3S3. The predicted octanol–water partition coefficient (Wildman–Crippen LogP) is 13.1. The van der Waals surface area contributed by atoms with Crippen molar-refractivity contribution in [2.45, 2.75) is 210 Å². The Morgan fingerprint density at radius 3 is 1.39 bits per heavy atom. The molecular weight excluding hydrogens is 629 g/mol. The fourth-order valence-electron chi connectivity index (χ4n) is 5.92. The van der Waals surface area contributed by atoms with Gasteiger partial charge >= 0.3 is 5.97 Å². The van der Waals surface area contributed by atoms with Crippen LogP contribution in [0.15, 0.2) is 4.34 Å². The Kier molecular flexibility index (Phi) is 31.1. The average molecular weight is 699 g/mol. The van der Waals surface area contributed by atoms with E-state index in [0.717, 1.165) is 31.4 Å². The van der Waals surface area contributed by atoms with Gasteiger partial charge in [0.05, 0.1) is 18.9 Å². The van der Waals surface area contributed by atoms with Crippen LogP contribution in [0.5, 0.6) is 0 Å². The van der Waals surface area contributed by atoms with Crippen molar-refractivity contribution in [3.8, 4) is 0 Å². The Morgan fingerprint density at radius 2 is 1.00 bits per heavy atom. The molecule has 1 aromatic heterocycles. The van der Waals surface area contributed by atoms with Crippen LogP contribution < -0.4 is 0 Å². The van der Waals surface area contributed by atoms with E-state index in [1.54, 1.807) is 0 Å². The number of thiol groups is 1. The van der Waals surface area contributed by atoms with Gasteiger partial charge in [-0.25, -0.2) is 0 Å². The summed E-state index contributed by atoms with van der Waals surface area (Å²) in [5.74, 6) is -0.131. The molecule has 0 radical (unpaired) electrons. The van der Waals surface area contributed by atoms with E-state index >= 15 is 0 Å². The van der Waals surface area contributed by atoms with E-state index in [0.29, 0.717) is 16.0 Å². The van der Waals surface area contributed by atoms with Crippen LogP contribution in [0.1, 0.15) is 211 Å². The maximum Gasteiger partial charge on any atom is 0.306 e. The third kappa shape index (κ3) is 26.4. The molecule has 0 spiro atoms. The minimum Gasteiger partial charge on any atom is -0.466 e. The summed E-state index contributed by atoms with van der Waals surface area (Å²) in [6, 6.07) is 0. The van der Waals surface area contributed by atoms with Gasteiger partial charge in [-0.05, 0) is 12.8 Å². The summed E-state index contributed by atoms with van der Waals surface area (Å²) >= 11 is 6.88. The third-order valence-electron chi connectivity index (χ3n) is 8.89. The largest absolute Gasteiger partial charge is 0.466 e. The molecule has 46 heavy (non-hydrogen) atoms. The molecule has 0 bridgehead atoms. The van der Waals surface area contributed by atoms with Crippen LogP contribution in [-0.2, 0) is 14.3 Å². The lowest BCUT2D eigenvalue weighted by molar-refractivity contribution is -0.145. The molecule has 0 aliphatic carbocycles. The highest BCUT2D eigenvalue weighted by molar-refractivity contribution is 8.13. The highest BCUT2D eigenvalue weighted by Gasteiger charge is 2.28. The van der Waals surface area contributed by atoms with Crippen molar-refractivity contribution in [3.63, 3.8) is 0 Å². The van der Waals surface area contributed by atoms with E-state index in [1.165, 1.54) is 177 Å². The molecule has 268 valence electrons. The Bertz CT molecular complexity index is 836. The van der Waals surface area contributed by atoms with Gasteiger partial charge in [0, 0.05) is 5.75 Å². The van der Waals surface area contributed by atoms with Crippen LogP contribution in [0.2, 0.25) is 0 Å². The van der Waals surface area contributed by atoms with Gasteiger partial charge in [-0.3, -0.25) is 9.59 Å². The molecule has 1 heterocycles. The van der Waals surface area contributed by atoms with Crippen molar-refractivity contribution in [2.24, 2.45) is 0 Å². The van der Waals surface area contributed by atoms with Gasteiger partial charge in [0.1, 0.15) is 5.01 Å². The number of hydrogen-bond donors (Lipinski definition) is 1. The Balaban J connectivity index is 2.09. The Hall–Kier alpha value is -0.600. The van der Waals surface area contributed by atoms with Crippen LogP contribution in [0.25, 0.3) is 0 Å². The topological polar surface area (TPSA) is 69.2 Å². The zero-order valence-corrected chi connectivity index (χ0v) is 32.4. The standard InChI is InChI=1S/C38H70N2O3S3/c1-3-5-7-9-11-13-15-17-19-21-23-25-27-29-31-43-35(41)33-34(36-39-40-38(44)46-36)37(42)45-32-30-28-26-24-22-20-18-16-14-12-10-8-6-4-2/h34H,3-33H2,1-2H3,(H,40,44). The summed E-state index contributed by atoms with van der Waals surface area (Å²) in [4.78, 5) is 25.7. The lowest BCUT2D eigenvalue weighted by Crippen LogP contribution is -2.17. The van der Waals surface area contributed by atoms with Crippen LogP contribution >= 0.6 is 35.7 Å². The molecule has 0 aliphatic heterocycles. The first-order valence-corrected chi connectivity index (χ1v) is 21.7. The number of ether oxygens (including phenoxy) is 1. The molecule has 0 N–H and O–H groups in total. The fourth-order valence-corrected chi connectivity index (χ4v) is 7.95. The fraction of sp³-hybridized carbons (Fsp3) is 0.895.